The first-order valence-electron chi connectivity index (χ1n) is 10.7. The molecular weight excluding hydrogens is 354 g/mol. The smallest absolute Gasteiger partial charge is 0.251 e. The molecule has 3 N–H and O–H groups in total. The molecule has 3 unspecified atom stereocenters. The first kappa shape index (κ1) is 19.4. The van der Waals surface area contributed by atoms with E-state index in [0.29, 0.717) is 43.1 Å². The van der Waals surface area contributed by atoms with Crippen LogP contribution in [0.1, 0.15) is 60.9 Å². The standard InChI is InChI=1S/C22H31N3O3/c26-21(12-16-10-18-6-7-19(11-16)25-18)23-13-15-3-1-4-17(9-15)22(27)24-14-20-5-2-8-28-20/h1,3-4,9,16,18-20,25H,2,5-8,10-14H2,(H,23,26)(H,24,27). The first-order chi connectivity index (χ1) is 13.7. The van der Waals surface area contributed by atoms with Gasteiger partial charge in [-0.1, -0.05) is 12.1 Å². The van der Waals surface area contributed by atoms with Crippen LogP contribution in [0.2, 0.25) is 0 Å². The van der Waals surface area contributed by atoms with Gasteiger partial charge in [-0.15, -0.1) is 0 Å². The van der Waals surface area contributed by atoms with Crippen LogP contribution in [0.25, 0.3) is 0 Å². The maximum atomic E-state index is 12.4. The van der Waals surface area contributed by atoms with Crippen LogP contribution in [0.3, 0.4) is 0 Å². The van der Waals surface area contributed by atoms with E-state index < -0.39 is 0 Å². The number of fused-ring (bicyclic) bond motifs is 2. The lowest BCUT2D eigenvalue weighted by atomic mass is 9.89. The molecule has 2 amide bonds. The summed E-state index contributed by atoms with van der Waals surface area (Å²) >= 11 is 0. The first-order valence-corrected chi connectivity index (χ1v) is 10.7. The Morgan fingerprint density at radius 2 is 1.93 bits per heavy atom. The van der Waals surface area contributed by atoms with Gasteiger partial charge in [0.1, 0.15) is 0 Å². The fourth-order valence-electron chi connectivity index (χ4n) is 4.81. The van der Waals surface area contributed by atoms with Crippen LogP contribution in [0.15, 0.2) is 24.3 Å². The largest absolute Gasteiger partial charge is 0.376 e. The quantitative estimate of drug-likeness (QED) is 0.672. The molecule has 0 saturated carbocycles. The molecule has 3 fully saturated rings. The lowest BCUT2D eigenvalue weighted by Gasteiger charge is -2.28. The lowest BCUT2D eigenvalue weighted by Crippen LogP contribution is -2.39. The molecule has 2 bridgehead atoms. The Morgan fingerprint density at radius 1 is 1.11 bits per heavy atom. The normalized spacial score (nSPS) is 28.9. The van der Waals surface area contributed by atoms with Crippen molar-refractivity contribution >= 4 is 11.8 Å². The van der Waals surface area contributed by atoms with Gasteiger partial charge in [0.05, 0.1) is 6.10 Å². The van der Waals surface area contributed by atoms with E-state index in [1.54, 1.807) is 6.07 Å². The summed E-state index contributed by atoms with van der Waals surface area (Å²) in [4.78, 5) is 24.7. The minimum atomic E-state index is -0.0890. The summed E-state index contributed by atoms with van der Waals surface area (Å²) in [6, 6.07) is 8.70. The molecule has 0 aromatic heterocycles. The van der Waals surface area contributed by atoms with Crippen LogP contribution in [0.4, 0.5) is 0 Å². The molecule has 1 aromatic carbocycles. The average Bonchev–Trinajstić information content (AvgIpc) is 3.34. The van der Waals surface area contributed by atoms with Crippen LogP contribution in [0, 0.1) is 5.92 Å². The number of nitrogens with one attached hydrogen (secondary N) is 3. The minimum Gasteiger partial charge on any atom is -0.376 e. The number of amides is 2. The van der Waals surface area contributed by atoms with Crippen molar-refractivity contribution in [3.63, 3.8) is 0 Å². The number of rotatable bonds is 7. The van der Waals surface area contributed by atoms with Crippen molar-refractivity contribution < 1.29 is 14.3 Å². The summed E-state index contributed by atoms with van der Waals surface area (Å²) in [7, 11) is 0. The Kier molecular flexibility index (Phi) is 6.27. The molecule has 6 heteroatoms. The number of carbonyl (C=O) groups excluding carboxylic acids is 2. The fourth-order valence-corrected chi connectivity index (χ4v) is 4.81. The summed E-state index contributed by atoms with van der Waals surface area (Å²) in [6.07, 6.45) is 7.55. The van der Waals surface area contributed by atoms with Gasteiger partial charge in [0.2, 0.25) is 5.91 Å². The molecule has 6 nitrogen and oxygen atoms in total. The topological polar surface area (TPSA) is 79.5 Å². The second-order valence-electron chi connectivity index (χ2n) is 8.50. The van der Waals surface area contributed by atoms with Gasteiger partial charge in [-0.05, 0) is 62.1 Å². The fraction of sp³-hybridized carbons (Fsp3) is 0.636. The average molecular weight is 386 g/mol. The van der Waals surface area contributed by atoms with E-state index in [-0.39, 0.29) is 17.9 Å². The Balaban J connectivity index is 1.22. The van der Waals surface area contributed by atoms with Crippen LogP contribution in [-0.2, 0) is 16.1 Å². The summed E-state index contributed by atoms with van der Waals surface area (Å²) < 4.78 is 5.54. The highest BCUT2D eigenvalue weighted by Crippen LogP contribution is 2.32. The van der Waals surface area contributed by atoms with Gasteiger partial charge in [-0.25, -0.2) is 0 Å². The Bertz CT molecular complexity index is 690. The third-order valence-electron chi connectivity index (χ3n) is 6.24. The number of ether oxygens (including phenoxy) is 1. The molecule has 3 heterocycles. The molecule has 0 radical (unpaired) electrons. The van der Waals surface area contributed by atoms with E-state index in [2.05, 4.69) is 16.0 Å². The molecule has 152 valence electrons. The zero-order valence-electron chi connectivity index (χ0n) is 16.4. The van der Waals surface area contributed by atoms with E-state index in [1.807, 2.05) is 18.2 Å². The van der Waals surface area contributed by atoms with Gasteiger partial charge >= 0.3 is 0 Å². The summed E-state index contributed by atoms with van der Waals surface area (Å²) in [5, 5.41) is 9.59. The lowest BCUT2D eigenvalue weighted by molar-refractivity contribution is -0.122. The van der Waals surface area contributed by atoms with Gasteiger partial charge in [0, 0.05) is 43.8 Å². The summed E-state index contributed by atoms with van der Waals surface area (Å²) in [5.74, 6) is 0.516. The molecule has 4 rings (SSSR count). The number of hydrogen-bond donors (Lipinski definition) is 3. The maximum Gasteiger partial charge on any atom is 0.251 e. The molecule has 0 spiro atoms. The third-order valence-corrected chi connectivity index (χ3v) is 6.24. The van der Waals surface area contributed by atoms with E-state index in [1.165, 1.54) is 12.8 Å². The Morgan fingerprint density at radius 3 is 2.68 bits per heavy atom. The Hall–Kier alpha value is -1.92. The molecule has 0 aliphatic carbocycles. The molecule has 28 heavy (non-hydrogen) atoms. The zero-order valence-corrected chi connectivity index (χ0v) is 16.4. The van der Waals surface area contributed by atoms with Crippen LogP contribution in [-0.4, -0.2) is 43.2 Å². The summed E-state index contributed by atoms with van der Waals surface area (Å²) in [6.45, 7) is 1.80. The van der Waals surface area contributed by atoms with Crippen molar-refractivity contribution in [1.29, 1.82) is 0 Å². The monoisotopic (exact) mass is 385 g/mol. The van der Waals surface area contributed by atoms with Gasteiger partial charge in [0.25, 0.3) is 5.91 Å². The molecule has 3 aliphatic rings. The Labute approximate surface area is 166 Å². The van der Waals surface area contributed by atoms with Crippen molar-refractivity contribution in [2.75, 3.05) is 13.2 Å². The van der Waals surface area contributed by atoms with Crippen LogP contribution in [0.5, 0.6) is 0 Å². The molecular formula is C22H31N3O3. The minimum absolute atomic E-state index is 0.0890. The van der Waals surface area contributed by atoms with Gasteiger partial charge in [0.15, 0.2) is 0 Å². The SMILES string of the molecule is O=C(CC1CC2CCC(C1)N2)NCc1cccc(C(=O)NCC2CCCO2)c1. The van der Waals surface area contributed by atoms with E-state index in [4.69, 9.17) is 4.74 Å². The van der Waals surface area contributed by atoms with Gasteiger partial charge in [-0.2, -0.15) is 0 Å². The maximum absolute atomic E-state index is 12.4. The predicted octanol–water partition coefficient (Wildman–Crippen LogP) is 2.13. The van der Waals surface area contributed by atoms with Gasteiger partial charge < -0.3 is 20.7 Å². The van der Waals surface area contributed by atoms with Crippen LogP contribution < -0.4 is 16.0 Å². The second-order valence-corrected chi connectivity index (χ2v) is 8.50. The van der Waals surface area contributed by atoms with E-state index >= 15 is 0 Å². The van der Waals surface area contributed by atoms with Crippen LogP contribution >= 0.6 is 0 Å². The van der Waals surface area contributed by atoms with E-state index in [9.17, 15) is 9.59 Å². The number of carbonyl (C=O) groups is 2. The number of hydrogen-bond acceptors (Lipinski definition) is 4. The zero-order chi connectivity index (χ0) is 19.3. The molecule has 3 saturated heterocycles. The van der Waals surface area contributed by atoms with Crippen molar-refractivity contribution in [1.82, 2.24) is 16.0 Å². The van der Waals surface area contributed by atoms with Gasteiger partial charge in [-0.3, -0.25) is 9.59 Å². The highest BCUT2D eigenvalue weighted by atomic mass is 16.5. The molecule has 3 atom stereocenters. The van der Waals surface area contributed by atoms with Crippen molar-refractivity contribution in [3.05, 3.63) is 35.4 Å². The third kappa shape index (κ3) is 5.11. The highest BCUT2D eigenvalue weighted by molar-refractivity contribution is 5.94. The number of benzene rings is 1. The highest BCUT2D eigenvalue weighted by Gasteiger charge is 2.34. The second kappa shape index (κ2) is 9.05. The van der Waals surface area contributed by atoms with E-state index in [0.717, 1.165) is 37.9 Å². The molecule has 3 aliphatic heterocycles. The van der Waals surface area contributed by atoms with Crippen molar-refractivity contribution in [2.45, 2.75) is 69.7 Å². The van der Waals surface area contributed by atoms with Crippen molar-refractivity contribution in [2.24, 2.45) is 5.92 Å². The predicted molar refractivity (Wildman–Crippen MR) is 107 cm³/mol. The summed E-state index contributed by atoms with van der Waals surface area (Å²) in [5.41, 5.74) is 1.57. The molecule has 1 aromatic rings. The number of piperidine rings is 1. The van der Waals surface area contributed by atoms with Crippen molar-refractivity contribution in [3.8, 4) is 0 Å².